The normalized spacial score (nSPS) is 19.6. The number of nitrogens with zero attached hydrogens (tertiary/aromatic N) is 6. The van der Waals surface area contributed by atoms with E-state index >= 15 is 0 Å². The molecular formula is C46H70N6O2+2. The lowest BCUT2D eigenvalue weighted by Crippen LogP contribution is -2.44. The van der Waals surface area contributed by atoms with Crippen LogP contribution in [0.15, 0.2) is 34.3 Å². The molecule has 6 rings (SSSR count). The first-order valence-electron chi connectivity index (χ1n) is 21.7. The summed E-state index contributed by atoms with van der Waals surface area (Å²) in [6.45, 7) is 17.8. The van der Waals surface area contributed by atoms with Gasteiger partial charge in [-0.2, -0.15) is 0 Å². The molecule has 4 aliphatic rings. The minimum Gasteiger partial charge on any atom is -0.507 e. The Kier molecular flexibility index (Phi) is 14.6. The summed E-state index contributed by atoms with van der Waals surface area (Å²) in [5.74, 6) is 3.82. The van der Waals surface area contributed by atoms with Crippen LogP contribution in [0.25, 0.3) is 0 Å². The summed E-state index contributed by atoms with van der Waals surface area (Å²) in [6.07, 6.45) is 23.4. The smallest absolute Gasteiger partial charge is 0.246 e. The Hall–Kier alpha value is -3.68. The number of hydrogen-bond acceptors (Lipinski definition) is 6. The summed E-state index contributed by atoms with van der Waals surface area (Å²) in [4.78, 5) is 15.0. The van der Waals surface area contributed by atoms with Gasteiger partial charge in [-0.25, -0.2) is 0 Å². The number of unbranched alkanes of at least 4 members (excludes halogenated alkanes) is 2. The van der Waals surface area contributed by atoms with Crippen LogP contribution < -0.4 is 0 Å². The second-order valence-electron chi connectivity index (χ2n) is 16.8. The first kappa shape index (κ1) is 40.0. The fourth-order valence-corrected chi connectivity index (χ4v) is 9.10. The highest BCUT2D eigenvalue weighted by atomic mass is 16.3. The maximum atomic E-state index is 10.9. The zero-order valence-electron chi connectivity index (χ0n) is 34.2. The van der Waals surface area contributed by atoms with Crippen molar-refractivity contribution in [3.05, 3.63) is 57.6 Å². The molecule has 0 aromatic heterocycles. The second-order valence-corrected chi connectivity index (χ2v) is 16.8. The van der Waals surface area contributed by atoms with Crippen molar-refractivity contribution in [2.75, 3.05) is 52.4 Å². The van der Waals surface area contributed by atoms with Crippen molar-refractivity contribution in [1.29, 1.82) is 0 Å². The van der Waals surface area contributed by atoms with E-state index in [1.807, 2.05) is 26.3 Å². The molecule has 0 amide bonds. The first-order valence-corrected chi connectivity index (χ1v) is 21.7. The highest BCUT2D eigenvalue weighted by molar-refractivity contribution is 5.85. The van der Waals surface area contributed by atoms with Crippen molar-refractivity contribution >= 4 is 24.1 Å². The summed E-state index contributed by atoms with van der Waals surface area (Å²) in [7, 11) is 0. The van der Waals surface area contributed by atoms with Crippen molar-refractivity contribution in [1.82, 2.24) is 9.80 Å². The molecule has 0 radical (unpaired) electrons. The lowest BCUT2D eigenvalue weighted by atomic mass is 10.0. The maximum absolute atomic E-state index is 10.9. The van der Waals surface area contributed by atoms with Crippen LogP contribution in [0.2, 0.25) is 0 Å². The summed E-state index contributed by atoms with van der Waals surface area (Å²) < 4.78 is 5.31. The van der Waals surface area contributed by atoms with Gasteiger partial charge in [0.2, 0.25) is 11.7 Å². The van der Waals surface area contributed by atoms with Gasteiger partial charge >= 0.3 is 0 Å². The summed E-state index contributed by atoms with van der Waals surface area (Å²) in [5.41, 5.74) is 5.87. The van der Waals surface area contributed by atoms with E-state index in [1.54, 1.807) is 11.7 Å². The Labute approximate surface area is 326 Å². The van der Waals surface area contributed by atoms with Gasteiger partial charge in [-0.1, -0.05) is 12.1 Å². The van der Waals surface area contributed by atoms with E-state index in [-0.39, 0.29) is 12.1 Å². The van der Waals surface area contributed by atoms with Gasteiger partial charge in [0, 0.05) is 49.2 Å². The average molecular weight is 739 g/mol. The topological polar surface area (TPSA) is 77.7 Å². The van der Waals surface area contributed by atoms with Crippen molar-refractivity contribution in [2.24, 2.45) is 9.98 Å². The third kappa shape index (κ3) is 10.8. The number of phenolic OH excluding ortho intramolecular Hbond substituents is 2. The largest absolute Gasteiger partial charge is 0.507 e. The SMILES string of the molecule is Cc1cc(CCCCN2CCC[N+]3=C2CCCCC3)cc(C=NC(C)C(C)N=Cc2cc(CCCCN3CCC[N+]4=C3CCCCC4)cc(C)c2O)c1O. The number of phenols is 2. The number of rotatable bonds is 15. The summed E-state index contributed by atoms with van der Waals surface area (Å²) in [5, 5.41) is 21.8. The predicted molar refractivity (Wildman–Crippen MR) is 225 cm³/mol. The molecule has 2 N–H and O–H groups in total. The maximum Gasteiger partial charge on any atom is 0.246 e. The van der Waals surface area contributed by atoms with Gasteiger partial charge in [0.1, 0.15) is 11.5 Å². The summed E-state index contributed by atoms with van der Waals surface area (Å²) in [6, 6.07) is 8.31. The van der Waals surface area contributed by atoms with Crippen LogP contribution in [0.5, 0.6) is 11.5 Å². The molecule has 8 heteroatoms. The quantitative estimate of drug-likeness (QED) is 0.110. The Morgan fingerprint density at radius 2 is 1.02 bits per heavy atom. The highest BCUT2D eigenvalue weighted by Crippen LogP contribution is 2.26. The molecule has 0 fully saturated rings. The highest BCUT2D eigenvalue weighted by Gasteiger charge is 2.29. The standard InChI is InChI=1S/C46H68N6O2/c1-35-29-39(17-9-13-23-51-27-15-25-49-21-11-5-7-19-43(49)51)31-41(45(35)53)33-47-37(3)38(4)48-34-42-32-40(30-36(2)46(42)54)18-10-14-24-52-28-16-26-50-22-12-6-8-20-44(50)52/h29-34,37-38H,5-28H2,1-4H3/p+2. The average Bonchev–Trinajstić information content (AvgIpc) is 3.58. The van der Waals surface area contributed by atoms with Crippen LogP contribution in [0.4, 0.5) is 0 Å². The van der Waals surface area contributed by atoms with Crippen LogP contribution in [-0.4, -0.2) is 118 Å². The van der Waals surface area contributed by atoms with Crippen molar-refractivity contribution in [3.63, 3.8) is 0 Å². The monoisotopic (exact) mass is 739 g/mol. The van der Waals surface area contributed by atoms with Gasteiger partial charge < -0.3 is 10.2 Å². The molecule has 54 heavy (non-hydrogen) atoms. The Morgan fingerprint density at radius 1 is 0.593 bits per heavy atom. The van der Waals surface area contributed by atoms with Crippen LogP contribution in [0, 0.1) is 13.8 Å². The van der Waals surface area contributed by atoms with Crippen molar-refractivity contribution in [2.45, 2.75) is 143 Å². The van der Waals surface area contributed by atoms with Crippen LogP contribution in [0.1, 0.15) is 137 Å². The van der Waals surface area contributed by atoms with Crippen LogP contribution in [0.3, 0.4) is 0 Å². The van der Waals surface area contributed by atoms with E-state index in [9.17, 15) is 10.2 Å². The first-order chi connectivity index (χ1) is 26.3. The molecule has 0 bridgehead atoms. The van der Waals surface area contributed by atoms with E-state index in [0.717, 1.165) is 61.0 Å². The third-order valence-corrected chi connectivity index (χ3v) is 12.5. The molecule has 0 spiro atoms. The molecule has 2 aromatic carbocycles. The van der Waals surface area contributed by atoms with Crippen LogP contribution in [-0.2, 0) is 12.8 Å². The molecule has 4 heterocycles. The number of hydrogen-bond donors (Lipinski definition) is 2. The molecule has 2 atom stereocenters. The van der Waals surface area contributed by atoms with Crippen molar-refractivity contribution in [3.8, 4) is 11.5 Å². The predicted octanol–water partition coefficient (Wildman–Crippen LogP) is 8.06. The molecule has 294 valence electrons. The number of aliphatic imine (C=N–C) groups is 2. The minimum atomic E-state index is -0.0846. The minimum absolute atomic E-state index is 0.0846. The van der Waals surface area contributed by atoms with Gasteiger partial charge in [0.15, 0.2) is 0 Å². The molecule has 2 aromatic rings. The van der Waals surface area contributed by atoms with Gasteiger partial charge in [-0.3, -0.25) is 28.9 Å². The lowest BCUT2D eigenvalue weighted by molar-refractivity contribution is -0.539. The van der Waals surface area contributed by atoms with Crippen LogP contribution >= 0.6 is 0 Å². The molecule has 8 nitrogen and oxygen atoms in total. The number of aromatic hydroxyl groups is 2. The van der Waals surface area contributed by atoms with E-state index in [0.29, 0.717) is 11.5 Å². The van der Waals surface area contributed by atoms with E-state index in [1.165, 1.54) is 127 Å². The molecule has 0 aliphatic carbocycles. The molecular weight excluding hydrogens is 669 g/mol. The fraction of sp³-hybridized carbons (Fsp3) is 0.652. The van der Waals surface area contributed by atoms with Crippen molar-refractivity contribution < 1.29 is 19.4 Å². The van der Waals surface area contributed by atoms with E-state index < -0.39 is 0 Å². The fourth-order valence-electron chi connectivity index (χ4n) is 9.10. The summed E-state index contributed by atoms with van der Waals surface area (Å²) >= 11 is 0. The van der Waals surface area contributed by atoms with E-state index in [4.69, 9.17) is 9.98 Å². The van der Waals surface area contributed by atoms with Gasteiger partial charge in [0.25, 0.3) is 0 Å². The van der Waals surface area contributed by atoms with Gasteiger partial charge in [0.05, 0.1) is 64.4 Å². The Morgan fingerprint density at radius 3 is 1.46 bits per heavy atom. The van der Waals surface area contributed by atoms with Gasteiger partial charge in [-0.15, -0.1) is 0 Å². The molecule has 2 unspecified atom stereocenters. The third-order valence-electron chi connectivity index (χ3n) is 12.5. The molecule has 0 saturated heterocycles. The lowest BCUT2D eigenvalue weighted by Gasteiger charge is -2.26. The zero-order chi connectivity index (χ0) is 37.9. The molecule has 4 aliphatic heterocycles. The van der Waals surface area contributed by atoms with E-state index in [2.05, 4.69) is 57.1 Å². The molecule has 0 saturated carbocycles. The van der Waals surface area contributed by atoms with Gasteiger partial charge in [-0.05, 0) is 139 Å². The zero-order valence-corrected chi connectivity index (χ0v) is 34.2. The number of amidine groups is 2. The Bertz CT molecular complexity index is 1570. The second kappa shape index (κ2) is 19.8. The Balaban J connectivity index is 0.990. The number of aryl methyl sites for hydroxylation is 4. The number of benzene rings is 2.